The number of carbonyl (C=O) groups excluding carboxylic acids is 2. The van der Waals surface area contributed by atoms with Crippen molar-refractivity contribution in [3.63, 3.8) is 0 Å². The molecule has 0 N–H and O–H groups in total. The van der Waals surface area contributed by atoms with E-state index >= 15 is 0 Å². The van der Waals surface area contributed by atoms with Crippen molar-refractivity contribution in [2.45, 2.75) is 83.8 Å². The first-order chi connectivity index (χ1) is 11.3. The number of Topliss-reactive ketones (excluding diaryl/α,β-unsaturated/α-hetero) is 2. The SMILES string of the molecule is CC(=O)[C@H]1CC[C@H]2[C@@H]3CC[C@]45O[C@@H]4C(=O)CC[C@]5(C)[C@H]3CC[C@]12C. The van der Waals surface area contributed by atoms with Crippen molar-refractivity contribution < 1.29 is 14.3 Å². The molecule has 0 amide bonds. The molecule has 1 saturated heterocycles. The highest BCUT2D eigenvalue weighted by atomic mass is 16.6. The molecule has 4 aliphatic carbocycles. The molecule has 0 aromatic rings. The van der Waals surface area contributed by atoms with Gasteiger partial charge in [-0.2, -0.15) is 0 Å². The topological polar surface area (TPSA) is 46.7 Å². The van der Waals surface area contributed by atoms with Gasteiger partial charge in [-0.3, -0.25) is 9.59 Å². The van der Waals surface area contributed by atoms with E-state index in [1.54, 1.807) is 6.92 Å². The largest absolute Gasteiger partial charge is 0.357 e. The average Bonchev–Trinajstić information content (AvgIpc) is 3.17. The van der Waals surface area contributed by atoms with Crippen LogP contribution in [0.5, 0.6) is 0 Å². The molecular weight excluding hydrogens is 300 g/mol. The Morgan fingerprint density at radius 3 is 2.58 bits per heavy atom. The van der Waals surface area contributed by atoms with Crippen molar-refractivity contribution in [2.75, 3.05) is 0 Å². The molecule has 3 nitrogen and oxygen atoms in total. The van der Waals surface area contributed by atoms with Crippen LogP contribution in [-0.2, 0) is 14.3 Å². The molecule has 4 saturated carbocycles. The Labute approximate surface area is 144 Å². The summed E-state index contributed by atoms with van der Waals surface area (Å²) in [7, 11) is 0. The summed E-state index contributed by atoms with van der Waals surface area (Å²) in [6.07, 6.45) is 8.66. The minimum Gasteiger partial charge on any atom is -0.357 e. The van der Waals surface area contributed by atoms with E-state index < -0.39 is 0 Å². The fourth-order valence-electron chi connectivity index (χ4n) is 8.17. The predicted octanol–water partition coefficient (Wildman–Crippen LogP) is 3.93. The number of fused-ring (bicyclic) bond motifs is 4. The summed E-state index contributed by atoms with van der Waals surface area (Å²) < 4.78 is 6.13. The first kappa shape index (κ1) is 15.5. The van der Waals surface area contributed by atoms with Crippen molar-refractivity contribution >= 4 is 11.6 Å². The van der Waals surface area contributed by atoms with E-state index in [9.17, 15) is 9.59 Å². The molecule has 8 atom stereocenters. The zero-order valence-corrected chi connectivity index (χ0v) is 15.3. The number of rotatable bonds is 1. The van der Waals surface area contributed by atoms with E-state index in [1.807, 2.05) is 0 Å². The lowest BCUT2D eigenvalue weighted by atomic mass is 9.44. The van der Waals surface area contributed by atoms with E-state index in [1.165, 1.54) is 25.7 Å². The summed E-state index contributed by atoms with van der Waals surface area (Å²) in [6, 6.07) is 0. The van der Waals surface area contributed by atoms with Gasteiger partial charge in [0.05, 0.1) is 0 Å². The fraction of sp³-hybridized carbons (Fsp3) is 0.905. The number of hydrogen-bond acceptors (Lipinski definition) is 3. The van der Waals surface area contributed by atoms with E-state index in [4.69, 9.17) is 4.74 Å². The minimum absolute atomic E-state index is 0.0842. The Morgan fingerprint density at radius 1 is 1.04 bits per heavy atom. The summed E-state index contributed by atoms with van der Waals surface area (Å²) in [6.45, 7) is 6.63. The lowest BCUT2D eigenvalue weighted by Gasteiger charge is -2.59. The van der Waals surface area contributed by atoms with Crippen LogP contribution in [0.3, 0.4) is 0 Å². The van der Waals surface area contributed by atoms with E-state index in [0.29, 0.717) is 29.8 Å². The van der Waals surface area contributed by atoms with Gasteiger partial charge < -0.3 is 4.74 Å². The second-order valence-corrected chi connectivity index (χ2v) is 9.97. The normalized spacial score (nSPS) is 58.3. The monoisotopic (exact) mass is 330 g/mol. The lowest BCUT2D eigenvalue weighted by molar-refractivity contribution is -0.137. The van der Waals surface area contributed by atoms with E-state index in [-0.39, 0.29) is 28.5 Å². The van der Waals surface area contributed by atoms with E-state index in [2.05, 4.69) is 13.8 Å². The van der Waals surface area contributed by atoms with Gasteiger partial charge >= 0.3 is 0 Å². The number of carbonyl (C=O) groups is 2. The van der Waals surface area contributed by atoms with Crippen molar-refractivity contribution in [1.29, 1.82) is 0 Å². The maximum atomic E-state index is 12.2. The highest BCUT2D eigenvalue weighted by molar-refractivity contribution is 5.88. The van der Waals surface area contributed by atoms with Crippen LogP contribution >= 0.6 is 0 Å². The molecule has 5 aliphatic rings. The van der Waals surface area contributed by atoms with Crippen molar-refractivity contribution in [3.8, 4) is 0 Å². The van der Waals surface area contributed by atoms with Crippen molar-refractivity contribution in [2.24, 2.45) is 34.5 Å². The molecule has 5 rings (SSSR count). The number of epoxide rings is 1. The lowest BCUT2D eigenvalue weighted by Crippen LogP contribution is -2.58. The molecule has 0 radical (unpaired) electrons. The highest BCUT2D eigenvalue weighted by Crippen LogP contribution is 2.72. The van der Waals surface area contributed by atoms with Gasteiger partial charge in [0.1, 0.15) is 17.5 Å². The highest BCUT2D eigenvalue weighted by Gasteiger charge is 2.76. The predicted molar refractivity (Wildman–Crippen MR) is 90.4 cm³/mol. The summed E-state index contributed by atoms with van der Waals surface area (Å²) >= 11 is 0. The first-order valence-electron chi connectivity index (χ1n) is 10.0. The molecule has 3 heteroatoms. The van der Waals surface area contributed by atoms with Crippen LogP contribution in [0.15, 0.2) is 0 Å². The number of ether oxygens (including phenoxy) is 1. The summed E-state index contributed by atoms with van der Waals surface area (Å²) in [5, 5.41) is 0. The number of ketones is 2. The fourth-order valence-corrected chi connectivity index (χ4v) is 8.17. The van der Waals surface area contributed by atoms with Crippen LogP contribution in [0, 0.1) is 34.5 Å². The van der Waals surface area contributed by atoms with Gasteiger partial charge in [-0.25, -0.2) is 0 Å². The second kappa shape index (κ2) is 4.52. The molecule has 0 bridgehead atoms. The summed E-state index contributed by atoms with van der Waals surface area (Å²) in [5.41, 5.74) is 0.294. The third kappa shape index (κ3) is 1.59. The molecular formula is C21H30O3. The van der Waals surface area contributed by atoms with Gasteiger partial charge in [-0.05, 0) is 75.0 Å². The van der Waals surface area contributed by atoms with Crippen LogP contribution in [0.25, 0.3) is 0 Å². The maximum Gasteiger partial charge on any atom is 0.164 e. The Morgan fingerprint density at radius 2 is 1.83 bits per heavy atom. The Kier molecular flexibility index (Phi) is 2.93. The van der Waals surface area contributed by atoms with Crippen LogP contribution in [0.4, 0.5) is 0 Å². The number of hydrogen-bond donors (Lipinski definition) is 0. The Bertz CT molecular complexity index is 627. The van der Waals surface area contributed by atoms with Crippen molar-refractivity contribution in [3.05, 3.63) is 0 Å². The summed E-state index contributed by atoms with van der Waals surface area (Å²) in [5.74, 6) is 3.17. The molecule has 5 fully saturated rings. The van der Waals surface area contributed by atoms with Crippen LogP contribution in [0.1, 0.15) is 72.1 Å². The van der Waals surface area contributed by atoms with Gasteiger partial charge in [0.2, 0.25) is 0 Å². The van der Waals surface area contributed by atoms with Crippen molar-refractivity contribution in [1.82, 2.24) is 0 Å². The maximum absolute atomic E-state index is 12.2. The van der Waals surface area contributed by atoms with Crippen LogP contribution in [0.2, 0.25) is 0 Å². The minimum atomic E-state index is -0.115. The van der Waals surface area contributed by atoms with Gasteiger partial charge in [-0.1, -0.05) is 13.8 Å². The zero-order valence-electron chi connectivity index (χ0n) is 15.3. The molecule has 1 heterocycles. The Balaban J connectivity index is 1.49. The molecule has 132 valence electrons. The molecule has 0 aromatic carbocycles. The molecule has 1 spiro atoms. The summed E-state index contributed by atoms with van der Waals surface area (Å²) in [4.78, 5) is 24.4. The first-order valence-corrected chi connectivity index (χ1v) is 10.0. The molecule has 24 heavy (non-hydrogen) atoms. The molecule has 0 unspecified atom stereocenters. The Hall–Kier alpha value is -0.700. The second-order valence-electron chi connectivity index (χ2n) is 9.97. The average molecular weight is 330 g/mol. The van der Waals surface area contributed by atoms with Gasteiger partial charge in [0, 0.05) is 17.8 Å². The third-order valence-corrected chi connectivity index (χ3v) is 9.44. The van der Waals surface area contributed by atoms with Crippen LogP contribution < -0.4 is 0 Å². The van der Waals surface area contributed by atoms with Gasteiger partial charge in [0.15, 0.2) is 5.78 Å². The standard InChI is InChI=1S/C21H30O3/c1-12(22)14-4-5-15-13-6-11-21-18(24-21)17(23)8-10-20(21,3)16(13)7-9-19(14,15)2/h13-16,18H,4-11H2,1-3H3/t13-,14+,15-,16-,18+,19+,20+,21-/m0/s1. The smallest absolute Gasteiger partial charge is 0.164 e. The van der Waals surface area contributed by atoms with Gasteiger partial charge in [-0.15, -0.1) is 0 Å². The molecule has 1 aliphatic heterocycles. The van der Waals surface area contributed by atoms with E-state index in [0.717, 1.165) is 25.2 Å². The quantitative estimate of drug-likeness (QED) is 0.684. The van der Waals surface area contributed by atoms with Gasteiger partial charge in [0.25, 0.3) is 0 Å². The molecule has 0 aromatic heterocycles. The third-order valence-electron chi connectivity index (χ3n) is 9.44. The van der Waals surface area contributed by atoms with Crippen LogP contribution in [-0.4, -0.2) is 23.3 Å². The zero-order chi connectivity index (χ0) is 16.9.